The molecular weight excluding hydrogens is 387 g/mol. The maximum Gasteiger partial charge on any atom is 0.252 e. The number of ether oxygens (including phenoxy) is 1. The predicted octanol–water partition coefficient (Wildman–Crippen LogP) is 3.05. The molecular formula is C22H21FN4O3. The minimum atomic E-state index is -0.308. The molecule has 1 amide bonds. The highest BCUT2D eigenvalue weighted by Crippen LogP contribution is 2.35. The van der Waals surface area contributed by atoms with E-state index in [2.05, 4.69) is 15.3 Å². The lowest BCUT2D eigenvalue weighted by atomic mass is 10.0. The molecule has 7 nitrogen and oxygen atoms in total. The molecule has 4 rings (SSSR count). The van der Waals surface area contributed by atoms with E-state index < -0.39 is 0 Å². The molecule has 1 fully saturated rings. The van der Waals surface area contributed by atoms with Crippen LogP contribution in [0, 0.1) is 5.82 Å². The number of H-pyrrole nitrogens is 1. The van der Waals surface area contributed by atoms with Crippen LogP contribution in [0.15, 0.2) is 59.4 Å². The smallest absolute Gasteiger partial charge is 0.252 e. The van der Waals surface area contributed by atoms with Gasteiger partial charge < -0.3 is 15.0 Å². The number of para-hydroxylation sites is 2. The second-order valence-electron chi connectivity index (χ2n) is 7.08. The zero-order chi connectivity index (χ0) is 21.1. The molecule has 2 heterocycles. The van der Waals surface area contributed by atoms with Crippen LogP contribution in [-0.4, -0.2) is 29.5 Å². The highest BCUT2D eigenvalue weighted by atomic mass is 19.1. The number of aromatic amines is 1. The number of anilines is 2. The topological polar surface area (TPSA) is 87.3 Å². The van der Waals surface area contributed by atoms with Crippen molar-refractivity contribution in [1.82, 2.24) is 9.97 Å². The zero-order valence-electron chi connectivity index (χ0n) is 16.4. The largest absolute Gasteiger partial charge is 0.495 e. The SMILES string of the molecule is COc1ccccc1N1C[C@@H](c2cc(=O)[nH]c(NCc3ccc(F)cc3)n2)CC1=O. The number of carbonyl (C=O) groups excluding carboxylic acids is 1. The Morgan fingerprint density at radius 1 is 1.20 bits per heavy atom. The number of halogens is 1. The lowest BCUT2D eigenvalue weighted by molar-refractivity contribution is -0.117. The summed E-state index contributed by atoms with van der Waals surface area (Å²) in [5, 5.41) is 3.05. The summed E-state index contributed by atoms with van der Waals surface area (Å²) in [7, 11) is 1.56. The van der Waals surface area contributed by atoms with E-state index in [4.69, 9.17) is 4.74 Å². The van der Waals surface area contributed by atoms with E-state index in [0.29, 0.717) is 36.2 Å². The number of nitrogens with zero attached hydrogens (tertiary/aromatic N) is 2. The standard InChI is InChI=1S/C22H21FN4O3/c1-30-19-5-3-2-4-18(19)27-13-15(10-21(27)29)17-11-20(28)26-22(25-17)24-12-14-6-8-16(23)9-7-14/h2-9,11,15H,10,12-13H2,1H3,(H2,24,25,26,28)/t15-/m0/s1. The molecule has 8 heteroatoms. The fraction of sp³-hybridized carbons (Fsp3) is 0.227. The van der Waals surface area contributed by atoms with Gasteiger partial charge >= 0.3 is 0 Å². The van der Waals surface area contributed by atoms with Gasteiger partial charge in [0.2, 0.25) is 11.9 Å². The molecule has 0 aliphatic carbocycles. The fourth-order valence-electron chi connectivity index (χ4n) is 3.55. The zero-order valence-corrected chi connectivity index (χ0v) is 16.4. The summed E-state index contributed by atoms with van der Waals surface area (Å²) < 4.78 is 18.4. The van der Waals surface area contributed by atoms with Gasteiger partial charge in [-0.25, -0.2) is 9.37 Å². The van der Waals surface area contributed by atoms with Crippen molar-refractivity contribution in [3.05, 3.63) is 82.0 Å². The van der Waals surface area contributed by atoms with Gasteiger partial charge in [0, 0.05) is 31.5 Å². The van der Waals surface area contributed by atoms with Gasteiger partial charge in [0.25, 0.3) is 5.56 Å². The molecule has 1 aliphatic rings. The van der Waals surface area contributed by atoms with Crippen LogP contribution in [0.1, 0.15) is 23.6 Å². The monoisotopic (exact) mass is 408 g/mol. The molecule has 0 saturated carbocycles. The van der Waals surface area contributed by atoms with E-state index in [9.17, 15) is 14.0 Å². The van der Waals surface area contributed by atoms with E-state index in [1.54, 1.807) is 30.2 Å². The minimum absolute atomic E-state index is 0.0487. The van der Waals surface area contributed by atoms with Crippen molar-refractivity contribution in [2.75, 3.05) is 23.9 Å². The Morgan fingerprint density at radius 2 is 1.97 bits per heavy atom. The number of rotatable bonds is 6. The highest BCUT2D eigenvalue weighted by Gasteiger charge is 2.34. The number of carbonyl (C=O) groups is 1. The number of aromatic nitrogens is 2. The Morgan fingerprint density at radius 3 is 2.73 bits per heavy atom. The van der Waals surface area contributed by atoms with Gasteiger partial charge in [0.1, 0.15) is 11.6 Å². The number of amides is 1. The molecule has 2 aromatic carbocycles. The first-order valence-electron chi connectivity index (χ1n) is 9.56. The predicted molar refractivity (Wildman–Crippen MR) is 111 cm³/mol. The molecule has 0 radical (unpaired) electrons. The summed E-state index contributed by atoms with van der Waals surface area (Å²) in [6.45, 7) is 0.788. The second-order valence-corrected chi connectivity index (χ2v) is 7.08. The van der Waals surface area contributed by atoms with E-state index >= 15 is 0 Å². The van der Waals surface area contributed by atoms with Crippen molar-refractivity contribution in [2.24, 2.45) is 0 Å². The van der Waals surface area contributed by atoms with Crippen molar-refractivity contribution < 1.29 is 13.9 Å². The van der Waals surface area contributed by atoms with Crippen LogP contribution in [0.4, 0.5) is 16.0 Å². The Hall–Kier alpha value is -3.68. The van der Waals surface area contributed by atoms with Crippen molar-refractivity contribution >= 4 is 17.5 Å². The summed E-state index contributed by atoms with van der Waals surface area (Å²) in [6.07, 6.45) is 0.256. The van der Waals surface area contributed by atoms with E-state index in [1.807, 2.05) is 18.2 Å². The number of hydrogen-bond donors (Lipinski definition) is 2. The third-order valence-electron chi connectivity index (χ3n) is 5.05. The molecule has 0 unspecified atom stereocenters. The molecule has 2 N–H and O–H groups in total. The lowest BCUT2D eigenvalue weighted by Crippen LogP contribution is -2.25. The molecule has 1 aromatic heterocycles. The van der Waals surface area contributed by atoms with Crippen molar-refractivity contribution in [3.63, 3.8) is 0 Å². The van der Waals surface area contributed by atoms with Crippen LogP contribution in [0.25, 0.3) is 0 Å². The molecule has 1 aliphatic heterocycles. The van der Waals surface area contributed by atoms with Gasteiger partial charge in [-0.05, 0) is 29.8 Å². The van der Waals surface area contributed by atoms with E-state index in [-0.39, 0.29) is 29.6 Å². The highest BCUT2D eigenvalue weighted by molar-refractivity contribution is 5.97. The van der Waals surface area contributed by atoms with Crippen LogP contribution in [0.3, 0.4) is 0 Å². The number of hydrogen-bond acceptors (Lipinski definition) is 5. The summed E-state index contributed by atoms with van der Waals surface area (Å²) in [5.74, 6) is 0.360. The van der Waals surface area contributed by atoms with Crippen LogP contribution < -0.4 is 20.5 Å². The quantitative estimate of drug-likeness (QED) is 0.655. The average Bonchev–Trinajstić information content (AvgIpc) is 3.14. The number of methoxy groups -OCH3 is 1. The van der Waals surface area contributed by atoms with Crippen molar-refractivity contribution in [3.8, 4) is 5.75 Å². The Labute approximate surface area is 172 Å². The second kappa shape index (κ2) is 8.36. The van der Waals surface area contributed by atoms with Gasteiger partial charge in [-0.3, -0.25) is 14.6 Å². The van der Waals surface area contributed by atoms with E-state index in [0.717, 1.165) is 5.56 Å². The Balaban J connectivity index is 1.52. The van der Waals surface area contributed by atoms with Gasteiger partial charge in [0.05, 0.1) is 18.5 Å². The Bertz CT molecular complexity index is 1110. The first-order chi connectivity index (χ1) is 14.5. The maximum absolute atomic E-state index is 13.0. The maximum atomic E-state index is 13.0. The molecule has 30 heavy (non-hydrogen) atoms. The van der Waals surface area contributed by atoms with E-state index in [1.165, 1.54) is 18.2 Å². The first-order valence-corrected chi connectivity index (χ1v) is 9.56. The van der Waals surface area contributed by atoms with Crippen molar-refractivity contribution in [1.29, 1.82) is 0 Å². The van der Waals surface area contributed by atoms with Gasteiger partial charge in [0.15, 0.2) is 0 Å². The molecule has 3 aromatic rings. The fourth-order valence-corrected chi connectivity index (χ4v) is 3.55. The van der Waals surface area contributed by atoms with Crippen molar-refractivity contribution in [2.45, 2.75) is 18.9 Å². The summed E-state index contributed by atoms with van der Waals surface area (Å²) in [4.78, 5) is 33.6. The van der Waals surface area contributed by atoms with Gasteiger partial charge in [-0.2, -0.15) is 0 Å². The molecule has 0 bridgehead atoms. The Kier molecular flexibility index (Phi) is 5.47. The molecule has 1 atom stereocenters. The van der Waals surface area contributed by atoms with Crippen LogP contribution in [0.5, 0.6) is 5.75 Å². The molecule has 154 valence electrons. The van der Waals surface area contributed by atoms with Crippen LogP contribution in [-0.2, 0) is 11.3 Å². The molecule has 1 saturated heterocycles. The summed E-state index contributed by atoms with van der Waals surface area (Å²) >= 11 is 0. The summed E-state index contributed by atoms with van der Waals surface area (Å²) in [6, 6.07) is 14.8. The lowest BCUT2D eigenvalue weighted by Gasteiger charge is -2.19. The van der Waals surface area contributed by atoms with Gasteiger partial charge in [-0.1, -0.05) is 24.3 Å². The van der Waals surface area contributed by atoms with Crippen LogP contribution in [0.2, 0.25) is 0 Å². The minimum Gasteiger partial charge on any atom is -0.495 e. The van der Waals surface area contributed by atoms with Crippen LogP contribution >= 0.6 is 0 Å². The number of benzene rings is 2. The number of nitrogens with one attached hydrogen (secondary N) is 2. The normalized spacial score (nSPS) is 16.0. The average molecular weight is 408 g/mol. The third-order valence-corrected chi connectivity index (χ3v) is 5.05. The third kappa shape index (κ3) is 4.17. The van der Waals surface area contributed by atoms with Gasteiger partial charge in [-0.15, -0.1) is 0 Å². The molecule has 0 spiro atoms. The first kappa shape index (κ1) is 19.6. The summed E-state index contributed by atoms with van der Waals surface area (Å²) in [5.41, 5.74) is 1.80.